The number of thioether (sulfide) groups is 1. The van der Waals surface area contributed by atoms with E-state index in [-0.39, 0.29) is 0 Å². The second kappa shape index (κ2) is 8.01. The molecule has 0 amide bonds. The minimum Gasteiger partial charge on any atom is -0.494 e. The summed E-state index contributed by atoms with van der Waals surface area (Å²) in [4.78, 5) is 0. The molecular weight excluding hydrogens is 234 g/mol. The van der Waals surface area contributed by atoms with Crippen LogP contribution in [0.15, 0.2) is 29.4 Å². The highest BCUT2D eigenvalue weighted by Gasteiger charge is 2.01. The van der Waals surface area contributed by atoms with Gasteiger partial charge < -0.3 is 9.94 Å². The van der Waals surface area contributed by atoms with Crippen LogP contribution in [0.1, 0.15) is 25.3 Å². The molecule has 0 aliphatic rings. The summed E-state index contributed by atoms with van der Waals surface area (Å²) in [6.45, 7) is 2.71. The van der Waals surface area contributed by atoms with Crippen molar-refractivity contribution in [3.05, 3.63) is 29.8 Å². The van der Waals surface area contributed by atoms with Gasteiger partial charge >= 0.3 is 0 Å². The number of ether oxygens (including phenoxy) is 1. The number of oxime groups is 1. The van der Waals surface area contributed by atoms with Gasteiger partial charge in [0.15, 0.2) is 0 Å². The summed E-state index contributed by atoms with van der Waals surface area (Å²) < 4.78 is 5.59. The van der Waals surface area contributed by atoms with Crippen molar-refractivity contribution in [2.75, 3.05) is 18.6 Å². The van der Waals surface area contributed by atoms with Crippen molar-refractivity contribution in [1.29, 1.82) is 0 Å². The van der Waals surface area contributed by atoms with Crippen LogP contribution in [-0.4, -0.2) is 29.5 Å². The quantitative estimate of drug-likeness (QED) is 0.350. The molecule has 0 aromatic heterocycles. The maximum atomic E-state index is 8.80. The highest BCUT2D eigenvalue weighted by molar-refractivity contribution is 7.98. The minimum atomic E-state index is 0.693. The first kappa shape index (κ1) is 13.9. The summed E-state index contributed by atoms with van der Waals surface area (Å²) in [5.41, 5.74) is 1.63. The van der Waals surface area contributed by atoms with Crippen LogP contribution in [0.2, 0.25) is 0 Å². The van der Waals surface area contributed by atoms with E-state index in [9.17, 15) is 0 Å². The fourth-order valence-electron chi connectivity index (χ4n) is 1.47. The first-order valence-corrected chi connectivity index (χ1v) is 7.14. The Morgan fingerprint density at radius 1 is 1.35 bits per heavy atom. The van der Waals surface area contributed by atoms with Crippen molar-refractivity contribution in [2.45, 2.75) is 19.8 Å². The molecule has 0 saturated carbocycles. The van der Waals surface area contributed by atoms with Gasteiger partial charge in [-0.2, -0.15) is 11.8 Å². The Hall–Kier alpha value is -1.16. The van der Waals surface area contributed by atoms with Crippen LogP contribution in [-0.2, 0) is 0 Å². The lowest BCUT2D eigenvalue weighted by molar-refractivity contribution is 0.317. The molecule has 0 spiro atoms. The molecule has 1 rings (SSSR count). The van der Waals surface area contributed by atoms with Gasteiger partial charge in [0.2, 0.25) is 0 Å². The van der Waals surface area contributed by atoms with Crippen LogP contribution in [0.5, 0.6) is 5.75 Å². The van der Waals surface area contributed by atoms with Crippen LogP contribution in [0, 0.1) is 0 Å². The van der Waals surface area contributed by atoms with Crippen molar-refractivity contribution in [2.24, 2.45) is 5.16 Å². The molecule has 0 saturated heterocycles. The molecule has 0 aliphatic carbocycles. The van der Waals surface area contributed by atoms with Gasteiger partial charge in [-0.05, 0) is 54.7 Å². The average Bonchev–Trinajstić information content (AvgIpc) is 2.38. The summed E-state index contributed by atoms with van der Waals surface area (Å²) in [5, 5.41) is 12.1. The Kier molecular flexibility index (Phi) is 6.55. The van der Waals surface area contributed by atoms with Crippen molar-refractivity contribution >= 4 is 17.5 Å². The molecule has 1 N–H and O–H groups in total. The minimum absolute atomic E-state index is 0.693. The molecule has 0 fully saturated rings. The molecule has 0 heterocycles. The average molecular weight is 253 g/mol. The first-order valence-electron chi connectivity index (χ1n) is 5.75. The summed E-state index contributed by atoms with van der Waals surface area (Å²) in [6, 6.07) is 7.66. The largest absolute Gasteiger partial charge is 0.494 e. The molecule has 17 heavy (non-hydrogen) atoms. The monoisotopic (exact) mass is 253 g/mol. The molecule has 0 atom stereocenters. The Bertz CT molecular complexity index is 349. The van der Waals surface area contributed by atoms with Crippen molar-refractivity contribution in [1.82, 2.24) is 0 Å². The van der Waals surface area contributed by atoms with E-state index >= 15 is 0 Å². The Balaban J connectivity index is 2.50. The molecular formula is C13H19NO2S. The molecule has 4 heteroatoms. The molecule has 94 valence electrons. The summed E-state index contributed by atoms with van der Waals surface area (Å²) >= 11 is 1.83. The van der Waals surface area contributed by atoms with Gasteiger partial charge in [-0.25, -0.2) is 0 Å². The van der Waals surface area contributed by atoms with Gasteiger partial charge in [0.25, 0.3) is 0 Å². The SMILES string of the molecule is CC/C(=N/O)c1ccc(OCCCSC)cc1. The third-order valence-electron chi connectivity index (χ3n) is 2.40. The van der Waals surface area contributed by atoms with Crippen LogP contribution in [0.4, 0.5) is 0 Å². The lowest BCUT2D eigenvalue weighted by atomic mass is 10.1. The number of benzene rings is 1. The lowest BCUT2D eigenvalue weighted by Crippen LogP contribution is -2.01. The van der Waals surface area contributed by atoms with Gasteiger partial charge in [-0.15, -0.1) is 0 Å². The molecule has 0 bridgehead atoms. The predicted octanol–water partition coefficient (Wildman–Crippen LogP) is 3.41. The normalized spacial score (nSPS) is 11.5. The third kappa shape index (κ3) is 4.69. The van der Waals surface area contributed by atoms with Crippen molar-refractivity contribution < 1.29 is 9.94 Å². The number of hydrogen-bond donors (Lipinski definition) is 1. The Morgan fingerprint density at radius 3 is 2.59 bits per heavy atom. The van der Waals surface area contributed by atoms with E-state index < -0.39 is 0 Å². The zero-order valence-corrected chi connectivity index (χ0v) is 11.2. The number of rotatable bonds is 7. The van der Waals surface area contributed by atoms with E-state index in [1.807, 2.05) is 43.0 Å². The van der Waals surface area contributed by atoms with E-state index in [0.29, 0.717) is 12.1 Å². The second-order valence-corrected chi connectivity index (χ2v) is 4.61. The second-order valence-electron chi connectivity index (χ2n) is 3.62. The topological polar surface area (TPSA) is 41.8 Å². The molecule has 1 aromatic rings. The van der Waals surface area contributed by atoms with E-state index in [1.165, 1.54) is 0 Å². The molecule has 0 unspecified atom stereocenters. The molecule has 1 aromatic carbocycles. The van der Waals surface area contributed by atoms with E-state index in [0.717, 1.165) is 30.1 Å². The third-order valence-corrected chi connectivity index (χ3v) is 3.10. The predicted molar refractivity (Wildman–Crippen MR) is 73.6 cm³/mol. The number of hydrogen-bond acceptors (Lipinski definition) is 4. The first-order chi connectivity index (χ1) is 8.31. The van der Waals surface area contributed by atoms with Crippen LogP contribution in [0.3, 0.4) is 0 Å². The van der Waals surface area contributed by atoms with Gasteiger partial charge in [-0.1, -0.05) is 12.1 Å². The van der Waals surface area contributed by atoms with E-state index in [2.05, 4.69) is 11.4 Å². The van der Waals surface area contributed by atoms with Crippen molar-refractivity contribution in [3.63, 3.8) is 0 Å². The highest BCUT2D eigenvalue weighted by Crippen LogP contribution is 2.14. The van der Waals surface area contributed by atoms with E-state index in [4.69, 9.17) is 9.94 Å². The zero-order valence-electron chi connectivity index (χ0n) is 10.3. The highest BCUT2D eigenvalue weighted by atomic mass is 32.2. The Labute approximate surface area is 107 Å². The fraction of sp³-hybridized carbons (Fsp3) is 0.462. The van der Waals surface area contributed by atoms with Gasteiger partial charge in [0.05, 0.1) is 12.3 Å². The van der Waals surface area contributed by atoms with Gasteiger partial charge in [0.1, 0.15) is 5.75 Å². The van der Waals surface area contributed by atoms with E-state index in [1.54, 1.807) is 0 Å². The molecule has 0 radical (unpaired) electrons. The van der Waals surface area contributed by atoms with Gasteiger partial charge in [0, 0.05) is 0 Å². The molecule has 0 aliphatic heterocycles. The smallest absolute Gasteiger partial charge is 0.119 e. The van der Waals surface area contributed by atoms with Crippen LogP contribution in [0.25, 0.3) is 0 Å². The van der Waals surface area contributed by atoms with Crippen LogP contribution < -0.4 is 4.74 Å². The maximum absolute atomic E-state index is 8.80. The number of nitrogens with zero attached hydrogens (tertiary/aromatic N) is 1. The summed E-state index contributed by atoms with van der Waals surface area (Å²) in [7, 11) is 0. The zero-order chi connectivity index (χ0) is 12.5. The fourth-order valence-corrected chi connectivity index (χ4v) is 1.88. The van der Waals surface area contributed by atoms with Gasteiger partial charge in [-0.3, -0.25) is 0 Å². The summed E-state index contributed by atoms with van der Waals surface area (Å²) in [5.74, 6) is 1.98. The Morgan fingerprint density at radius 2 is 2.06 bits per heavy atom. The van der Waals surface area contributed by atoms with Crippen molar-refractivity contribution in [3.8, 4) is 5.75 Å². The standard InChI is InChI=1S/C13H19NO2S/c1-3-13(14-15)11-5-7-12(8-6-11)16-9-4-10-17-2/h5-8,15H,3-4,9-10H2,1-2H3/b14-13-. The maximum Gasteiger partial charge on any atom is 0.119 e. The lowest BCUT2D eigenvalue weighted by Gasteiger charge is -2.07. The summed E-state index contributed by atoms with van der Waals surface area (Å²) in [6.07, 6.45) is 3.86. The molecule has 3 nitrogen and oxygen atoms in total. The van der Waals surface area contributed by atoms with Crippen LogP contribution >= 0.6 is 11.8 Å².